The number of nitrogens with two attached hydrogens (primary N) is 1. The first kappa shape index (κ1) is 10.5. The third kappa shape index (κ3) is 3.36. The molecule has 1 heterocycles. The SMILES string of the molecule is NCC(=O)CN1CCC(F)(F)CC1. The minimum absolute atomic E-state index is 0.00705. The molecule has 0 radical (unpaired) electrons. The summed E-state index contributed by atoms with van der Waals surface area (Å²) in [4.78, 5) is 12.6. The van der Waals surface area contributed by atoms with Crippen LogP contribution in [-0.4, -0.2) is 42.8 Å². The molecule has 1 saturated heterocycles. The van der Waals surface area contributed by atoms with Gasteiger partial charge < -0.3 is 5.73 Å². The molecule has 0 aliphatic carbocycles. The zero-order valence-corrected chi connectivity index (χ0v) is 7.43. The van der Waals surface area contributed by atoms with E-state index in [1.54, 1.807) is 4.90 Å². The van der Waals surface area contributed by atoms with Crippen LogP contribution in [0, 0.1) is 0 Å². The molecule has 0 amide bonds. The standard InChI is InChI=1S/C8H14F2N2O/c9-8(10)1-3-12(4-2-8)6-7(13)5-11/h1-6,11H2. The highest BCUT2D eigenvalue weighted by Gasteiger charge is 2.34. The number of alkyl halides is 2. The highest BCUT2D eigenvalue weighted by molar-refractivity contribution is 5.82. The first-order valence-corrected chi connectivity index (χ1v) is 4.35. The molecule has 1 aliphatic rings. The summed E-state index contributed by atoms with van der Waals surface area (Å²) in [7, 11) is 0. The van der Waals surface area contributed by atoms with E-state index >= 15 is 0 Å². The Labute approximate surface area is 75.9 Å². The Morgan fingerprint density at radius 3 is 2.38 bits per heavy atom. The van der Waals surface area contributed by atoms with Crippen LogP contribution in [0.3, 0.4) is 0 Å². The third-order valence-corrected chi connectivity index (χ3v) is 2.22. The van der Waals surface area contributed by atoms with Crippen LogP contribution < -0.4 is 5.73 Å². The van der Waals surface area contributed by atoms with E-state index in [4.69, 9.17) is 5.73 Å². The van der Waals surface area contributed by atoms with Crippen molar-refractivity contribution in [1.29, 1.82) is 0 Å². The van der Waals surface area contributed by atoms with Crippen LogP contribution in [0.4, 0.5) is 8.78 Å². The van der Waals surface area contributed by atoms with Crippen molar-refractivity contribution in [2.45, 2.75) is 18.8 Å². The molecule has 1 fully saturated rings. The molecule has 0 atom stereocenters. The largest absolute Gasteiger partial charge is 0.324 e. The minimum atomic E-state index is -2.54. The summed E-state index contributed by atoms with van der Waals surface area (Å²) in [6.07, 6.45) is -0.296. The maximum atomic E-state index is 12.7. The van der Waals surface area contributed by atoms with Crippen molar-refractivity contribution in [1.82, 2.24) is 4.90 Å². The van der Waals surface area contributed by atoms with Crippen molar-refractivity contribution >= 4 is 5.78 Å². The van der Waals surface area contributed by atoms with E-state index in [0.717, 1.165) is 0 Å². The topological polar surface area (TPSA) is 46.3 Å². The smallest absolute Gasteiger partial charge is 0.250 e. The van der Waals surface area contributed by atoms with Crippen molar-refractivity contribution in [2.24, 2.45) is 5.73 Å². The molecule has 0 bridgehead atoms. The van der Waals surface area contributed by atoms with Gasteiger partial charge in [-0.25, -0.2) is 8.78 Å². The molecule has 0 aromatic rings. The van der Waals surface area contributed by atoms with Gasteiger partial charge in [0.05, 0.1) is 13.1 Å². The lowest BCUT2D eigenvalue weighted by Gasteiger charge is -2.30. The quantitative estimate of drug-likeness (QED) is 0.697. The summed E-state index contributed by atoms with van der Waals surface area (Å²) < 4.78 is 25.3. The molecule has 1 aliphatic heterocycles. The number of Topliss-reactive ketones (excluding diaryl/α,β-unsaturated/α-hetero) is 1. The Morgan fingerprint density at radius 1 is 1.38 bits per heavy atom. The number of nitrogens with zero attached hydrogens (tertiary/aromatic N) is 1. The fraction of sp³-hybridized carbons (Fsp3) is 0.875. The van der Waals surface area contributed by atoms with Crippen LogP contribution in [0.15, 0.2) is 0 Å². The normalized spacial score (nSPS) is 23.0. The van der Waals surface area contributed by atoms with Gasteiger partial charge in [-0.15, -0.1) is 0 Å². The second kappa shape index (κ2) is 4.11. The summed E-state index contributed by atoms with van der Waals surface area (Å²) in [6.45, 7) is 0.789. The highest BCUT2D eigenvalue weighted by Crippen LogP contribution is 2.27. The van der Waals surface area contributed by atoms with Gasteiger partial charge in [0, 0.05) is 25.9 Å². The predicted octanol–water partition coefficient (Wildman–Crippen LogP) is 0.245. The van der Waals surface area contributed by atoms with Crippen LogP contribution in [0.2, 0.25) is 0 Å². The fourth-order valence-electron chi connectivity index (χ4n) is 1.35. The lowest BCUT2D eigenvalue weighted by molar-refractivity contribution is -0.121. The van der Waals surface area contributed by atoms with E-state index in [9.17, 15) is 13.6 Å². The molecule has 13 heavy (non-hydrogen) atoms. The van der Waals surface area contributed by atoms with Gasteiger partial charge in [-0.1, -0.05) is 0 Å². The third-order valence-electron chi connectivity index (χ3n) is 2.22. The van der Waals surface area contributed by atoms with Crippen LogP contribution in [0.5, 0.6) is 0 Å². The fourth-order valence-corrected chi connectivity index (χ4v) is 1.35. The number of rotatable bonds is 3. The molecule has 2 N–H and O–H groups in total. The van der Waals surface area contributed by atoms with Gasteiger partial charge in [-0.2, -0.15) is 0 Å². The van der Waals surface area contributed by atoms with E-state index in [0.29, 0.717) is 13.1 Å². The molecule has 0 aromatic carbocycles. The van der Waals surface area contributed by atoms with Gasteiger partial charge in [0.25, 0.3) is 5.92 Å². The molecule has 76 valence electrons. The van der Waals surface area contributed by atoms with Gasteiger partial charge in [-0.3, -0.25) is 9.69 Å². The zero-order chi connectivity index (χ0) is 9.90. The van der Waals surface area contributed by atoms with Crippen molar-refractivity contribution in [3.63, 3.8) is 0 Å². The van der Waals surface area contributed by atoms with Crippen molar-refractivity contribution in [2.75, 3.05) is 26.2 Å². The molecule has 1 rings (SSSR count). The monoisotopic (exact) mass is 192 g/mol. The number of halogens is 2. The van der Waals surface area contributed by atoms with Crippen LogP contribution in [0.25, 0.3) is 0 Å². The Hall–Kier alpha value is -0.550. The average Bonchev–Trinajstić information content (AvgIpc) is 2.08. The number of hydrogen-bond acceptors (Lipinski definition) is 3. The second-order valence-corrected chi connectivity index (χ2v) is 3.37. The summed E-state index contributed by atoms with van der Waals surface area (Å²) in [6, 6.07) is 0. The summed E-state index contributed by atoms with van der Waals surface area (Å²) in [5, 5.41) is 0. The van der Waals surface area contributed by atoms with Crippen molar-refractivity contribution < 1.29 is 13.6 Å². The zero-order valence-electron chi connectivity index (χ0n) is 7.43. The average molecular weight is 192 g/mol. The second-order valence-electron chi connectivity index (χ2n) is 3.37. The van der Waals surface area contributed by atoms with Gasteiger partial charge in [0.2, 0.25) is 0 Å². The number of carbonyl (C=O) groups excluding carboxylic acids is 1. The maximum absolute atomic E-state index is 12.7. The summed E-state index contributed by atoms with van der Waals surface area (Å²) in [5.74, 6) is -2.63. The Kier molecular flexibility index (Phi) is 3.33. The summed E-state index contributed by atoms with van der Waals surface area (Å²) in [5.41, 5.74) is 5.12. The number of hydrogen-bond donors (Lipinski definition) is 1. The maximum Gasteiger partial charge on any atom is 0.250 e. The van der Waals surface area contributed by atoms with E-state index < -0.39 is 5.92 Å². The summed E-state index contributed by atoms with van der Waals surface area (Å²) >= 11 is 0. The van der Waals surface area contributed by atoms with Gasteiger partial charge >= 0.3 is 0 Å². The van der Waals surface area contributed by atoms with Crippen molar-refractivity contribution in [3.05, 3.63) is 0 Å². The molecular weight excluding hydrogens is 178 g/mol. The van der Waals surface area contributed by atoms with Crippen molar-refractivity contribution in [3.8, 4) is 0 Å². The van der Waals surface area contributed by atoms with Gasteiger partial charge in [0.1, 0.15) is 0 Å². The highest BCUT2D eigenvalue weighted by atomic mass is 19.3. The first-order valence-electron chi connectivity index (χ1n) is 4.35. The number of carbonyl (C=O) groups is 1. The first-order chi connectivity index (χ1) is 6.03. The molecule has 5 heteroatoms. The lowest BCUT2D eigenvalue weighted by Crippen LogP contribution is -2.42. The minimum Gasteiger partial charge on any atom is -0.324 e. The van der Waals surface area contributed by atoms with Gasteiger partial charge in [-0.05, 0) is 0 Å². The van der Waals surface area contributed by atoms with Gasteiger partial charge in [0.15, 0.2) is 5.78 Å². The Morgan fingerprint density at radius 2 is 1.92 bits per heavy atom. The molecule has 0 unspecified atom stereocenters. The number of ketones is 1. The number of piperidine rings is 1. The molecule has 0 saturated carbocycles. The Balaban J connectivity index is 2.29. The Bertz CT molecular complexity index is 187. The van der Waals surface area contributed by atoms with Crippen LogP contribution in [0.1, 0.15) is 12.8 Å². The van der Waals surface area contributed by atoms with Crippen LogP contribution in [-0.2, 0) is 4.79 Å². The molecular formula is C8H14F2N2O. The lowest BCUT2D eigenvalue weighted by atomic mass is 10.1. The van der Waals surface area contributed by atoms with E-state index in [1.807, 2.05) is 0 Å². The van der Waals surface area contributed by atoms with E-state index in [1.165, 1.54) is 0 Å². The number of likely N-dealkylation sites (tertiary alicyclic amines) is 1. The van der Waals surface area contributed by atoms with E-state index in [-0.39, 0.29) is 31.7 Å². The molecule has 0 aromatic heterocycles. The van der Waals surface area contributed by atoms with Crippen LogP contribution >= 0.6 is 0 Å². The molecule has 3 nitrogen and oxygen atoms in total. The molecule has 0 spiro atoms. The predicted molar refractivity (Wildman–Crippen MR) is 44.7 cm³/mol. The van der Waals surface area contributed by atoms with E-state index in [2.05, 4.69) is 0 Å².